The van der Waals surface area contributed by atoms with Gasteiger partial charge in [0.15, 0.2) is 0 Å². The summed E-state index contributed by atoms with van der Waals surface area (Å²) in [6, 6.07) is 33.2. The normalized spacial score (nSPS) is 11.4. The number of hydrogen-bond donors (Lipinski definition) is 1. The number of benzene rings is 4. The Kier molecular flexibility index (Phi) is 14.3. The average Bonchev–Trinajstić information content (AvgIpc) is 3.11. The van der Waals surface area contributed by atoms with Crippen LogP contribution in [0, 0.1) is 0 Å². The van der Waals surface area contributed by atoms with Gasteiger partial charge in [-0.3, -0.25) is 9.79 Å². The second-order valence-corrected chi connectivity index (χ2v) is 11.7. The molecule has 0 aliphatic carbocycles. The maximum absolute atomic E-state index is 13.9. The Morgan fingerprint density at radius 2 is 1.45 bits per heavy atom. The highest BCUT2D eigenvalue weighted by Crippen LogP contribution is 2.28. The first-order valence-electron chi connectivity index (χ1n) is 16.9. The predicted molar refractivity (Wildman–Crippen MR) is 194 cm³/mol. The lowest BCUT2D eigenvalue weighted by Crippen LogP contribution is -2.35. The van der Waals surface area contributed by atoms with E-state index in [-0.39, 0.29) is 5.91 Å². The monoisotopic (exact) mass is 634 g/mol. The van der Waals surface area contributed by atoms with Gasteiger partial charge in [0, 0.05) is 30.4 Å². The van der Waals surface area contributed by atoms with Crippen LogP contribution >= 0.6 is 0 Å². The Hall–Kier alpha value is -4.62. The van der Waals surface area contributed by atoms with E-state index in [0.29, 0.717) is 43.2 Å². The Morgan fingerprint density at radius 1 is 0.766 bits per heavy atom. The van der Waals surface area contributed by atoms with E-state index in [1.54, 1.807) is 0 Å². The van der Waals surface area contributed by atoms with Gasteiger partial charge in [-0.1, -0.05) is 87.9 Å². The highest BCUT2D eigenvalue weighted by molar-refractivity contribution is 5.98. The average molecular weight is 635 g/mol. The molecule has 7 heteroatoms. The van der Waals surface area contributed by atoms with Crippen molar-refractivity contribution in [1.82, 2.24) is 9.80 Å². The number of aliphatic imine (C=N–C) groups is 1. The molecule has 0 bridgehead atoms. The third-order valence-corrected chi connectivity index (χ3v) is 8.10. The van der Waals surface area contributed by atoms with Crippen molar-refractivity contribution >= 4 is 23.0 Å². The van der Waals surface area contributed by atoms with Gasteiger partial charge in [0.25, 0.3) is 5.91 Å². The summed E-state index contributed by atoms with van der Waals surface area (Å²) in [6.07, 6.45) is 3.71. The second kappa shape index (κ2) is 19.1. The van der Waals surface area contributed by atoms with Crippen molar-refractivity contribution in [2.75, 3.05) is 38.5 Å². The molecule has 1 amide bonds. The molecule has 7 nitrogen and oxygen atoms in total. The lowest BCUT2D eigenvalue weighted by Gasteiger charge is -2.24. The molecule has 0 fully saturated rings. The fraction of sp³-hybridized carbons (Fsp3) is 0.350. The van der Waals surface area contributed by atoms with Crippen LogP contribution in [0.4, 0.5) is 11.4 Å². The van der Waals surface area contributed by atoms with Crippen LogP contribution in [0.3, 0.4) is 0 Å². The van der Waals surface area contributed by atoms with Crippen LogP contribution in [0.15, 0.2) is 108 Å². The summed E-state index contributed by atoms with van der Waals surface area (Å²) in [7, 11) is 0. The summed E-state index contributed by atoms with van der Waals surface area (Å²) in [6.45, 7) is 11.6. The Bertz CT molecular complexity index is 1520. The molecule has 0 aliphatic heterocycles. The Balaban J connectivity index is 1.49. The first-order valence-corrected chi connectivity index (χ1v) is 16.9. The standard InChI is InChI=1S/C40H50N4O3/c1-4-7-19-35(42-39-25-24-37(28-38(39)41)46-27-14-26-43(5-2)6-3)30-44(40(45)34-17-12-9-13-18-34)29-32-20-22-36(23-21-32)47-31-33-15-10-8-11-16-33/h8-13,15-18,20-25,28H,4-7,14,19,26-27,29-31,41H2,1-3H3/b42-35+. The van der Waals surface area contributed by atoms with Crippen molar-refractivity contribution < 1.29 is 14.3 Å². The van der Waals surface area contributed by atoms with E-state index in [1.807, 2.05) is 108 Å². The lowest BCUT2D eigenvalue weighted by molar-refractivity contribution is 0.0768. The number of carbonyl (C=O) groups is 1. The number of amides is 1. The second-order valence-electron chi connectivity index (χ2n) is 11.7. The van der Waals surface area contributed by atoms with Crippen molar-refractivity contribution in [2.24, 2.45) is 4.99 Å². The molecule has 0 saturated carbocycles. The molecule has 47 heavy (non-hydrogen) atoms. The van der Waals surface area contributed by atoms with Crippen LogP contribution < -0.4 is 15.2 Å². The molecule has 4 aromatic rings. The van der Waals surface area contributed by atoms with Crippen LogP contribution in [-0.2, 0) is 13.2 Å². The van der Waals surface area contributed by atoms with Gasteiger partial charge in [-0.15, -0.1) is 0 Å². The Morgan fingerprint density at radius 3 is 2.11 bits per heavy atom. The van der Waals surface area contributed by atoms with Crippen molar-refractivity contribution in [3.63, 3.8) is 0 Å². The van der Waals surface area contributed by atoms with Gasteiger partial charge < -0.3 is 25.0 Å². The summed E-state index contributed by atoms with van der Waals surface area (Å²) >= 11 is 0. The number of hydrogen-bond acceptors (Lipinski definition) is 6. The molecule has 248 valence electrons. The maximum atomic E-state index is 13.9. The van der Waals surface area contributed by atoms with Gasteiger partial charge in [0.2, 0.25) is 0 Å². The summed E-state index contributed by atoms with van der Waals surface area (Å²) in [5, 5.41) is 0. The van der Waals surface area contributed by atoms with E-state index in [2.05, 4.69) is 25.7 Å². The molecule has 0 aliphatic rings. The molecule has 0 unspecified atom stereocenters. The van der Waals surface area contributed by atoms with Gasteiger partial charge >= 0.3 is 0 Å². The predicted octanol–water partition coefficient (Wildman–Crippen LogP) is 8.56. The molecular weight excluding hydrogens is 584 g/mol. The smallest absolute Gasteiger partial charge is 0.254 e. The zero-order chi connectivity index (χ0) is 33.3. The summed E-state index contributed by atoms with van der Waals surface area (Å²) in [4.78, 5) is 23.1. The molecule has 0 spiro atoms. The third kappa shape index (κ3) is 11.6. The summed E-state index contributed by atoms with van der Waals surface area (Å²) in [5.41, 5.74) is 11.4. The van der Waals surface area contributed by atoms with Crippen LogP contribution in [0.2, 0.25) is 0 Å². The van der Waals surface area contributed by atoms with Crippen LogP contribution in [0.1, 0.15) is 67.9 Å². The van der Waals surface area contributed by atoms with Crippen molar-refractivity contribution in [2.45, 2.75) is 59.6 Å². The minimum absolute atomic E-state index is 0.0411. The zero-order valence-corrected chi connectivity index (χ0v) is 28.2. The van der Waals surface area contributed by atoms with Crippen LogP contribution in [-0.4, -0.2) is 54.2 Å². The topological polar surface area (TPSA) is 80.4 Å². The van der Waals surface area contributed by atoms with E-state index in [1.165, 1.54) is 0 Å². The highest BCUT2D eigenvalue weighted by Gasteiger charge is 2.19. The van der Waals surface area contributed by atoms with E-state index < -0.39 is 0 Å². The number of anilines is 1. The molecule has 0 aromatic heterocycles. The van der Waals surface area contributed by atoms with Gasteiger partial charge in [0.05, 0.1) is 24.5 Å². The van der Waals surface area contributed by atoms with Crippen LogP contribution in [0.25, 0.3) is 0 Å². The first-order chi connectivity index (χ1) is 23.0. The highest BCUT2D eigenvalue weighted by atomic mass is 16.5. The summed E-state index contributed by atoms with van der Waals surface area (Å²) in [5.74, 6) is 1.49. The quantitative estimate of drug-likeness (QED) is 0.0635. The number of nitrogens with two attached hydrogens (primary N) is 1. The number of ether oxygens (including phenoxy) is 2. The number of unbranched alkanes of at least 4 members (excludes halogenated alkanes) is 1. The third-order valence-electron chi connectivity index (χ3n) is 8.10. The summed E-state index contributed by atoms with van der Waals surface area (Å²) < 4.78 is 12.0. The first kappa shape index (κ1) is 35.2. The SMILES string of the molecule is CCCC/C(CN(Cc1ccc(OCc2ccccc2)cc1)C(=O)c1ccccc1)=N\c1ccc(OCCCN(CC)CC)cc1N. The van der Waals surface area contributed by atoms with E-state index in [4.69, 9.17) is 20.2 Å². The molecule has 0 radical (unpaired) electrons. The largest absolute Gasteiger partial charge is 0.493 e. The van der Waals surface area contributed by atoms with E-state index in [0.717, 1.165) is 73.7 Å². The number of rotatable bonds is 19. The Labute approximate surface area is 281 Å². The molecule has 2 N–H and O–H groups in total. The van der Waals surface area contributed by atoms with E-state index >= 15 is 0 Å². The lowest BCUT2D eigenvalue weighted by atomic mass is 10.1. The van der Waals surface area contributed by atoms with Crippen LogP contribution in [0.5, 0.6) is 11.5 Å². The number of nitrogen functional groups attached to an aromatic ring is 1. The minimum Gasteiger partial charge on any atom is -0.493 e. The molecule has 4 aromatic carbocycles. The molecule has 0 atom stereocenters. The molecular formula is C40H50N4O3. The van der Waals surface area contributed by atoms with Gasteiger partial charge in [0.1, 0.15) is 18.1 Å². The minimum atomic E-state index is -0.0411. The molecule has 4 rings (SSSR count). The fourth-order valence-corrected chi connectivity index (χ4v) is 5.30. The van der Waals surface area contributed by atoms with Crippen molar-refractivity contribution in [1.29, 1.82) is 0 Å². The zero-order valence-electron chi connectivity index (χ0n) is 28.2. The maximum Gasteiger partial charge on any atom is 0.254 e. The van der Waals surface area contributed by atoms with Gasteiger partial charge in [-0.2, -0.15) is 0 Å². The van der Waals surface area contributed by atoms with E-state index in [9.17, 15) is 4.79 Å². The fourth-order valence-electron chi connectivity index (χ4n) is 5.30. The molecule has 0 saturated heterocycles. The van der Waals surface area contributed by atoms with Gasteiger partial charge in [-0.05, 0) is 79.9 Å². The number of nitrogens with zero attached hydrogens (tertiary/aromatic N) is 3. The van der Waals surface area contributed by atoms with Crippen molar-refractivity contribution in [3.05, 3.63) is 120 Å². The molecule has 0 heterocycles. The van der Waals surface area contributed by atoms with Crippen molar-refractivity contribution in [3.8, 4) is 11.5 Å². The number of carbonyl (C=O) groups excluding carboxylic acids is 1. The van der Waals surface area contributed by atoms with Gasteiger partial charge in [-0.25, -0.2) is 0 Å².